The Bertz CT molecular complexity index is 1180. The summed E-state index contributed by atoms with van der Waals surface area (Å²) in [6, 6.07) is 8.98. The van der Waals surface area contributed by atoms with Crippen molar-refractivity contribution in [2.24, 2.45) is 0 Å². The first-order chi connectivity index (χ1) is 14.8. The van der Waals surface area contributed by atoms with Gasteiger partial charge in [-0.2, -0.15) is 0 Å². The number of rotatable bonds is 5. The first-order valence-corrected chi connectivity index (χ1v) is 10.1. The van der Waals surface area contributed by atoms with Crippen molar-refractivity contribution < 1.29 is 18.0 Å². The van der Waals surface area contributed by atoms with Crippen LogP contribution < -0.4 is 5.32 Å². The molecule has 4 rings (SSSR count). The number of carbonyl (C=O) groups excluding carboxylic acids is 1. The zero-order valence-electron chi connectivity index (χ0n) is 17.5. The molecule has 7 heteroatoms. The number of pyridine rings is 1. The van der Waals surface area contributed by atoms with Crippen molar-refractivity contribution in [2.45, 2.75) is 33.4 Å². The van der Waals surface area contributed by atoms with Crippen LogP contribution in [0.15, 0.2) is 42.6 Å². The van der Waals surface area contributed by atoms with Crippen LogP contribution >= 0.6 is 0 Å². The van der Waals surface area contributed by atoms with E-state index >= 15 is 0 Å². The van der Waals surface area contributed by atoms with Gasteiger partial charge in [0.05, 0.1) is 24.3 Å². The minimum absolute atomic E-state index is 0.0414. The molecular weight excluding hydrogens is 403 g/mol. The number of anilines is 1. The Morgan fingerprint density at radius 2 is 1.87 bits per heavy atom. The molecule has 0 bridgehead atoms. The lowest BCUT2D eigenvalue weighted by atomic mass is 9.99. The van der Waals surface area contributed by atoms with E-state index in [1.165, 1.54) is 12.1 Å². The summed E-state index contributed by atoms with van der Waals surface area (Å²) in [7, 11) is 0. The third-order valence-electron chi connectivity index (χ3n) is 5.68. The molecule has 1 aliphatic heterocycles. The molecule has 1 aromatic heterocycles. The Labute approximate surface area is 178 Å². The molecular formula is C24H22F3N3O. The van der Waals surface area contributed by atoms with Gasteiger partial charge in [0.25, 0.3) is 5.91 Å². The Balaban J connectivity index is 1.61. The van der Waals surface area contributed by atoms with Gasteiger partial charge in [0.2, 0.25) is 0 Å². The number of hydrogen-bond donors (Lipinski definition) is 1. The van der Waals surface area contributed by atoms with Gasteiger partial charge in [0, 0.05) is 17.7 Å². The maximum atomic E-state index is 14.8. The summed E-state index contributed by atoms with van der Waals surface area (Å²) in [6.07, 6.45) is 1.03. The van der Waals surface area contributed by atoms with Crippen molar-refractivity contribution in [3.05, 3.63) is 82.3 Å². The van der Waals surface area contributed by atoms with Gasteiger partial charge in [-0.1, -0.05) is 18.2 Å². The second-order valence-corrected chi connectivity index (χ2v) is 7.70. The summed E-state index contributed by atoms with van der Waals surface area (Å²) in [5.41, 5.74) is 2.64. The summed E-state index contributed by atoms with van der Waals surface area (Å²) in [4.78, 5) is 18.1. The van der Waals surface area contributed by atoms with Gasteiger partial charge >= 0.3 is 0 Å². The monoisotopic (exact) mass is 425 g/mol. The first kappa shape index (κ1) is 20.9. The number of halogens is 3. The lowest BCUT2D eigenvalue weighted by Crippen LogP contribution is -2.23. The van der Waals surface area contributed by atoms with Crippen LogP contribution in [0.1, 0.15) is 46.9 Å². The molecule has 0 fully saturated rings. The number of aryl methyl sites for hydroxylation is 1. The largest absolute Gasteiger partial charge is 0.363 e. The summed E-state index contributed by atoms with van der Waals surface area (Å²) in [5.74, 6) is -1.34. The van der Waals surface area contributed by atoms with E-state index in [1.807, 2.05) is 13.8 Å². The molecule has 1 aliphatic rings. The Morgan fingerprint density at radius 1 is 1.10 bits per heavy atom. The third kappa shape index (κ3) is 3.76. The first-order valence-electron chi connectivity index (χ1n) is 10.1. The number of benzene rings is 2. The van der Waals surface area contributed by atoms with Crippen molar-refractivity contribution in [1.29, 1.82) is 0 Å². The van der Waals surface area contributed by atoms with Gasteiger partial charge in [-0.25, -0.2) is 18.2 Å². The van der Waals surface area contributed by atoms with Crippen LogP contribution in [-0.2, 0) is 6.54 Å². The summed E-state index contributed by atoms with van der Waals surface area (Å²) < 4.78 is 42.6. The van der Waals surface area contributed by atoms with Crippen molar-refractivity contribution in [3.8, 4) is 11.1 Å². The van der Waals surface area contributed by atoms with E-state index in [4.69, 9.17) is 0 Å². The summed E-state index contributed by atoms with van der Waals surface area (Å²) >= 11 is 0. The molecule has 4 nitrogen and oxygen atoms in total. The molecule has 0 spiro atoms. The van der Waals surface area contributed by atoms with Crippen molar-refractivity contribution >= 4 is 11.7 Å². The van der Waals surface area contributed by atoms with Crippen molar-refractivity contribution in [1.82, 2.24) is 9.88 Å². The van der Waals surface area contributed by atoms with Crippen LogP contribution in [-0.4, -0.2) is 22.3 Å². The van der Waals surface area contributed by atoms with E-state index in [1.54, 1.807) is 36.1 Å². The predicted molar refractivity (Wildman–Crippen MR) is 113 cm³/mol. The minimum Gasteiger partial charge on any atom is -0.363 e. The SMILES string of the molecule is CCN1Cc2c(NC(C)c3ccc(-c4ccc(F)c(C)c4)c(F)c3)ncc(F)c2C1=O. The zero-order valence-corrected chi connectivity index (χ0v) is 17.5. The average molecular weight is 425 g/mol. The molecule has 2 aromatic carbocycles. The Morgan fingerprint density at radius 3 is 2.55 bits per heavy atom. The quantitative estimate of drug-likeness (QED) is 0.577. The summed E-state index contributed by atoms with van der Waals surface area (Å²) in [6.45, 7) is 6.05. The van der Waals surface area contributed by atoms with Crippen LogP contribution in [0.25, 0.3) is 11.1 Å². The maximum Gasteiger partial charge on any atom is 0.257 e. The molecule has 0 saturated heterocycles. The number of carbonyl (C=O) groups is 1. The van der Waals surface area contributed by atoms with E-state index in [9.17, 15) is 18.0 Å². The molecule has 31 heavy (non-hydrogen) atoms. The van der Waals surface area contributed by atoms with Crippen LogP contribution in [0.5, 0.6) is 0 Å². The van der Waals surface area contributed by atoms with Gasteiger partial charge in [-0.15, -0.1) is 0 Å². The Hall–Kier alpha value is -3.35. The fourth-order valence-corrected chi connectivity index (χ4v) is 3.85. The third-order valence-corrected chi connectivity index (χ3v) is 5.68. The smallest absolute Gasteiger partial charge is 0.257 e. The molecule has 3 aromatic rings. The lowest BCUT2D eigenvalue weighted by molar-refractivity contribution is 0.0784. The van der Waals surface area contributed by atoms with Gasteiger partial charge in [0.15, 0.2) is 5.82 Å². The second kappa shape index (κ2) is 8.06. The zero-order chi connectivity index (χ0) is 22.3. The molecule has 0 saturated carbocycles. The molecule has 1 atom stereocenters. The number of fused-ring (bicyclic) bond motifs is 1. The number of aromatic nitrogens is 1. The molecule has 0 radical (unpaired) electrons. The normalized spacial score (nSPS) is 14.0. The fourth-order valence-electron chi connectivity index (χ4n) is 3.85. The predicted octanol–water partition coefficient (Wildman–Crippen LogP) is 5.62. The van der Waals surface area contributed by atoms with Crippen molar-refractivity contribution in [3.63, 3.8) is 0 Å². The van der Waals surface area contributed by atoms with Gasteiger partial charge < -0.3 is 10.2 Å². The van der Waals surface area contributed by atoms with E-state index in [-0.39, 0.29) is 29.9 Å². The highest BCUT2D eigenvalue weighted by Gasteiger charge is 2.32. The second-order valence-electron chi connectivity index (χ2n) is 7.70. The topological polar surface area (TPSA) is 45.2 Å². The highest BCUT2D eigenvalue weighted by Crippen LogP contribution is 2.33. The summed E-state index contributed by atoms with van der Waals surface area (Å²) in [5, 5.41) is 3.18. The number of hydrogen-bond acceptors (Lipinski definition) is 3. The molecule has 160 valence electrons. The Kier molecular flexibility index (Phi) is 5.43. The fraction of sp³-hybridized carbons (Fsp3) is 0.250. The minimum atomic E-state index is -0.640. The average Bonchev–Trinajstić information content (AvgIpc) is 3.09. The molecule has 2 heterocycles. The van der Waals surface area contributed by atoms with E-state index in [0.29, 0.717) is 40.2 Å². The number of nitrogens with one attached hydrogen (secondary N) is 1. The number of nitrogens with zero attached hydrogens (tertiary/aromatic N) is 2. The van der Waals surface area contributed by atoms with Gasteiger partial charge in [-0.05, 0) is 55.7 Å². The van der Waals surface area contributed by atoms with Crippen LogP contribution in [0, 0.1) is 24.4 Å². The number of amides is 1. The van der Waals surface area contributed by atoms with Crippen LogP contribution in [0.3, 0.4) is 0 Å². The lowest BCUT2D eigenvalue weighted by Gasteiger charge is -2.18. The highest BCUT2D eigenvalue weighted by molar-refractivity contribution is 5.99. The van der Waals surface area contributed by atoms with Crippen LogP contribution in [0.2, 0.25) is 0 Å². The molecule has 1 amide bonds. The molecule has 1 N–H and O–H groups in total. The van der Waals surface area contributed by atoms with Gasteiger partial charge in [-0.3, -0.25) is 4.79 Å². The van der Waals surface area contributed by atoms with E-state index in [0.717, 1.165) is 6.20 Å². The molecule has 1 unspecified atom stereocenters. The molecule has 0 aliphatic carbocycles. The van der Waals surface area contributed by atoms with Crippen LogP contribution in [0.4, 0.5) is 19.0 Å². The standard InChI is InChI=1S/C24H22F3N3O/c1-4-30-12-18-22(24(30)31)21(27)11-28-23(18)29-14(3)15-5-7-17(20(26)10-15)16-6-8-19(25)13(2)9-16/h5-11,14H,4,12H2,1-3H3,(H,28,29). The van der Waals surface area contributed by atoms with Crippen molar-refractivity contribution in [2.75, 3.05) is 11.9 Å². The maximum absolute atomic E-state index is 14.8. The van der Waals surface area contributed by atoms with E-state index < -0.39 is 11.6 Å². The van der Waals surface area contributed by atoms with Gasteiger partial charge in [0.1, 0.15) is 17.5 Å². The highest BCUT2D eigenvalue weighted by atomic mass is 19.1. The van der Waals surface area contributed by atoms with E-state index in [2.05, 4.69) is 10.3 Å².